The van der Waals surface area contributed by atoms with Gasteiger partial charge in [0, 0.05) is 13.6 Å². The molecule has 0 aliphatic carbocycles. The van der Waals surface area contributed by atoms with E-state index in [4.69, 9.17) is 5.11 Å². The van der Waals surface area contributed by atoms with E-state index in [0.29, 0.717) is 18.9 Å². The zero-order valence-electron chi connectivity index (χ0n) is 11.4. The van der Waals surface area contributed by atoms with Crippen molar-refractivity contribution in [3.8, 4) is 0 Å². The maximum atomic E-state index is 11.8. The third-order valence-electron chi connectivity index (χ3n) is 2.74. The number of urea groups is 1. The molecule has 0 bridgehead atoms. The number of hydrogen-bond donors (Lipinski definition) is 2. The van der Waals surface area contributed by atoms with Gasteiger partial charge in [0.25, 0.3) is 0 Å². The van der Waals surface area contributed by atoms with E-state index < -0.39 is 12.0 Å². The molecule has 0 aromatic heterocycles. The highest BCUT2D eigenvalue weighted by molar-refractivity contribution is 5.82. The van der Waals surface area contributed by atoms with Crippen LogP contribution in [0.4, 0.5) is 4.79 Å². The molecule has 5 nitrogen and oxygen atoms in total. The number of nitrogens with zero attached hydrogens (tertiary/aromatic N) is 1. The van der Waals surface area contributed by atoms with Crippen LogP contribution in [0.15, 0.2) is 0 Å². The molecule has 17 heavy (non-hydrogen) atoms. The SMILES string of the molecule is CCC(C)[C@H](NC(=O)N(C)CC(C)C)C(=O)O. The van der Waals surface area contributed by atoms with Gasteiger partial charge in [0.2, 0.25) is 0 Å². The van der Waals surface area contributed by atoms with Crippen molar-refractivity contribution in [1.82, 2.24) is 10.2 Å². The van der Waals surface area contributed by atoms with Gasteiger partial charge in [-0.25, -0.2) is 9.59 Å². The molecule has 0 rings (SSSR count). The number of rotatable bonds is 6. The summed E-state index contributed by atoms with van der Waals surface area (Å²) in [5.41, 5.74) is 0. The molecule has 2 N–H and O–H groups in total. The Hall–Kier alpha value is -1.26. The summed E-state index contributed by atoms with van der Waals surface area (Å²) in [6, 6.07) is -1.14. The normalized spacial score (nSPS) is 14.2. The minimum Gasteiger partial charge on any atom is -0.480 e. The molecule has 100 valence electrons. The Balaban J connectivity index is 4.45. The van der Waals surface area contributed by atoms with Crippen LogP contribution in [-0.4, -0.2) is 41.6 Å². The lowest BCUT2D eigenvalue weighted by Gasteiger charge is -2.25. The number of nitrogens with one attached hydrogen (secondary N) is 1. The van der Waals surface area contributed by atoms with Crippen LogP contribution in [0.2, 0.25) is 0 Å². The van der Waals surface area contributed by atoms with E-state index in [1.807, 2.05) is 27.7 Å². The number of amides is 2. The number of carbonyl (C=O) groups excluding carboxylic acids is 1. The fourth-order valence-electron chi connectivity index (χ4n) is 1.56. The number of hydrogen-bond acceptors (Lipinski definition) is 2. The molecule has 0 radical (unpaired) electrons. The highest BCUT2D eigenvalue weighted by Crippen LogP contribution is 2.08. The third kappa shape index (κ3) is 5.56. The van der Waals surface area contributed by atoms with E-state index in [1.54, 1.807) is 7.05 Å². The van der Waals surface area contributed by atoms with Crippen molar-refractivity contribution in [3.05, 3.63) is 0 Å². The molecule has 0 aliphatic rings. The molecule has 5 heteroatoms. The topological polar surface area (TPSA) is 69.6 Å². The summed E-state index contributed by atoms with van der Waals surface area (Å²) < 4.78 is 0. The first kappa shape index (κ1) is 15.7. The summed E-state index contributed by atoms with van der Waals surface area (Å²) in [5.74, 6) is -0.702. The molecule has 0 spiro atoms. The lowest BCUT2D eigenvalue weighted by molar-refractivity contribution is -0.140. The van der Waals surface area contributed by atoms with Crippen LogP contribution in [0.1, 0.15) is 34.1 Å². The van der Waals surface area contributed by atoms with E-state index in [9.17, 15) is 9.59 Å². The summed E-state index contributed by atoms with van der Waals surface area (Å²) in [4.78, 5) is 24.3. The van der Waals surface area contributed by atoms with Crippen molar-refractivity contribution >= 4 is 12.0 Å². The molecule has 0 heterocycles. The van der Waals surface area contributed by atoms with Crippen molar-refractivity contribution in [1.29, 1.82) is 0 Å². The van der Waals surface area contributed by atoms with E-state index in [0.717, 1.165) is 0 Å². The van der Waals surface area contributed by atoms with Crippen LogP contribution in [0, 0.1) is 11.8 Å². The highest BCUT2D eigenvalue weighted by Gasteiger charge is 2.26. The largest absolute Gasteiger partial charge is 0.480 e. The molecule has 2 amide bonds. The van der Waals surface area contributed by atoms with Crippen molar-refractivity contribution in [2.24, 2.45) is 11.8 Å². The number of carboxylic acid groups (broad SMARTS) is 1. The van der Waals surface area contributed by atoms with Crippen molar-refractivity contribution in [3.63, 3.8) is 0 Å². The van der Waals surface area contributed by atoms with Crippen LogP contribution in [0.3, 0.4) is 0 Å². The van der Waals surface area contributed by atoms with Crippen LogP contribution in [0.5, 0.6) is 0 Å². The highest BCUT2D eigenvalue weighted by atomic mass is 16.4. The Kier molecular flexibility index (Phi) is 6.61. The number of carbonyl (C=O) groups is 2. The van der Waals surface area contributed by atoms with E-state index in [2.05, 4.69) is 5.32 Å². The molecule has 0 aromatic rings. The Bertz CT molecular complexity index is 266. The molecule has 0 saturated heterocycles. The summed E-state index contributed by atoms with van der Waals surface area (Å²) >= 11 is 0. The third-order valence-corrected chi connectivity index (χ3v) is 2.74. The van der Waals surface area contributed by atoms with Gasteiger partial charge in [-0.05, 0) is 11.8 Å². The van der Waals surface area contributed by atoms with Gasteiger partial charge in [-0.1, -0.05) is 34.1 Å². The first-order chi connectivity index (χ1) is 7.79. The smallest absolute Gasteiger partial charge is 0.326 e. The lowest BCUT2D eigenvalue weighted by atomic mass is 9.99. The van der Waals surface area contributed by atoms with Gasteiger partial charge < -0.3 is 15.3 Å². The van der Waals surface area contributed by atoms with Gasteiger partial charge in [-0.15, -0.1) is 0 Å². The number of aliphatic carboxylic acids is 1. The van der Waals surface area contributed by atoms with Crippen LogP contribution in [0.25, 0.3) is 0 Å². The van der Waals surface area contributed by atoms with Crippen LogP contribution in [-0.2, 0) is 4.79 Å². The predicted octanol–water partition coefficient (Wildman–Crippen LogP) is 1.78. The van der Waals surface area contributed by atoms with Crippen LogP contribution >= 0.6 is 0 Å². The summed E-state index contributed by atoms with van der Waals surface area (Å²) in [6.45, 7) is 8.35. The minimum absolute atomic E-state index is 0.0797. The Morgan fingerprint density at radius 3 is 2.18 bits per heavy atom. The van der Waals surface area contributed by atoms with Gasteiger partial charge in [0.15, 0.2) is 0 Å². The van der Waals surface area contributed by atoms with Gasteiger partial charge in [0.05, 0.1) is 0 Å². The second kappa shape index (κ2) is 7.14. The summed E-state index contributed by atoms with van der Waals surface area (Å²) in [6.07, 6.45) is 0.713. The second-order valence-corrected chi connectivity index (χ2v) is 4.93. The standard InChI is InChI=1S/C12H24N2O3/c1-6-9(4)10(11(15)16)13-12(17)14(5)7-8(2)3/h8-10H,6-7H2,1-5H3,(H,13,17)(H,15,16)/t9?,10-/m0/s1. The minimum atomic E-state index is -0.981. The molecular weight excluding hydrogens is 220 g/mol. The average molecular weight is 244 g/mol. The quantitative estimate of drug-likeness (QED) is 0.748. The number of carboxylic acids is 1. The summed E-state index contributed by atoms with van der Waals surface area (Å²) in [5, 5.41) is 11.6. The van der Waals surface area contributed by atoms with Gasteiger partial charge >= 0.3 is 12.0 Å². The molecular formula is C12H24N2O3. The summed E-state index contributed by atoms with van der Waals surface area (Å²) in [7, 11) is 1.67. The zero-order valence-corrected chi connectivity index (χ0v) is 11.4. The van der Waals surface area contributed by atoms with Crippen molar-refractivity contribution in [2.75, 3.05) is 13.6 Å². The molecule has 0 aromatic carbocycles. The Morgan fingerprint density at radius 1 is 1.29 bits per heavy atom. The van der Waals surface area contributed by atoms with E-state index >= 15 is 0 Å². The predicted molar refractivity (Wildman–Crippen MR) is 66.9 cm³/mol. The fourth-order valence-corrected chi connectivity index (χ4v) is 1.56. The molecule has 0 aliphatic heterocycles. The van der Waals surface area contributed by atoms with Gasteiger partial charge in [-0.2, -0.15) is 0 Å². The molecule has 0 saturated carbocycles. The van der Waals surface area contributed by atoms with E-state index in [-0.39, 0.29) is 11.9 Å². The molecule has 0 fully saturated rings. The first-order valence-corrected chi connectivity index (χ1v) is 6.04. The Morgan fingerprint density at radius 2 is 1.82 bits per heavy atom. The van der Waals surface area contributed by atoms with Crippen molar-refractivity contribution in [2.45, 2.75) is 40.2 Å². The van der Waals surface area contributed by atoms with Crippen molar-refractivity contribution < 1.29 is 14.7 Å². The maximum Gasteiger partial charge on any atom is 0.326 e. The monoisotopic (exact) mass is 244 g/mol. The van der Waals surface area contributed by atoms with E-state index in [1.165, 1.54) is 4.90 Å². The zero-order chi connectivity index (χ0) is 13.6. The first-order valence-electron chi connectivity index (χ1n) is 6.04. The average Bonchev–Trinajstić information content (AvgIpc) is 2.22. The van der Waals surface area contributed by atoms with Gasteiger partial charge in [-0.3, -0.25) is 0 Å². The molecule has 1 unspecified atom stereocenters. The Labute approximate surface area is 103 Å². The lowest BCUT2D eigenvalue weighted by Crippen LogP contribution is -2.50. The fraction of sp³-hybridized carbons (Fsp3) is 0.833. The van der Waals surface area contributed by atoms with Crippen LogP contribution < -0.4 is 5.32 Å². The van der Waals surface area contributed by atoms with Gasteiger partial charge in [0.1, 0.15) is 6.04 Å². The molecule has 2 atom stereocenters. The maximum absolute atomic E-state index is 11.8. The second-order valence-electron chi connectivity index (χ2n) is 4.93.